The molecular formula is C22H25N5O3S. The van der Waals surface area contributed by atoms with E-state index in [1.165, 1.54) is 16.3 Å². The molecule has 8 nitrogen and oxygen atoms in total. The van der Waals surface area contributed by atoms with E-state index in [0.717, 1.165) is 41.6 Å². The van der Waals surface area contributed by atoms with Crippen molar-refractivity contribution in [3.63, 3.8) is 0 Å². The summed E-state index contributed by atoms with van der Waals surface area (Å²) in [5, 5.41) is 6.66. The normalized spacial score (nSPS) is 13.3. The van der Waals surface area contributed by atoms with E-state index >= 15 is 0 Å². The molecule has 0 spiro atoms. The third kappa shape index (κ3) is 4.32. The van der Waals surface area contributed by atoms with Gasteiger partial charge in [-0.1, -0.05) is 12.1 Å². The Morgan fingerprint density at radius 3 is 2.68 bits per heavy atom. The van der Waals surface area contributed by atoms with E-state index in [1.54, 1.807) is 12.4 Å². The summed E-state index contributed by atoms with van der Waals surface area (Å²) in [6, 6.07) is 8.43. The van der Waals surface area contributed by atoms with Gasteiger partial charge in [0.1, 0.15) is 0 Å². The first-order valence-electron chi connectivity index (χ1n) is 10.2. The van der Waals surface area contributed by atoms with Gasteiger partial charge in [-0.05, 0) is 74.9 Å². The number of fused-ring (bicyclic) bond motifs is 1. The standard InChI is InChI=1S/C22H25N5O3S/c1-14(2)27-12-10-20(25-27)31(29,30)26-22(28)24-21-18-6-4-5-16(18)7-8-19(21)17-9-11-23-15(3)13-17/h7-14H,4-6H2,1-3H3,(H2,24,26,28). The van der Waals surface area contributed by atoms with Gasteiger partial charge in [-0.25, -0.2) is 9.52 Å². The molecule has 0 saturated carbocycles. The first-order chi connectivity index (χ1) is 14.7. The fourth-order valence-electron chi connectivity index (χ4n) is 3.83. The summed E-state index contributed by atoms with van der Waals surface area (Å²) in [5.74, 6) is 0. The van der Waals surface area contributed by atoms with Gasteiger partial charge in [-0.15, -0.1) is 0 Å². The van der Waals surface area contributed by atoms with E-state index in [0.29, 0.717) is 5.69 Å². The van der Waals surface area contributed by atoms with Gasteiger partial charge in [0.15, 0.2) is 5.03 Å². The third-order valence-corrected chi connectivity index (χ3v) is 6.57. The van der Waals surface area contributed by atoms with Crippen molar-refractivity contribution >= 4 is 21.7 Å². The van der Waals surface area contributed by atoms with Crippen molar-refractivity contribution in [1.29, 1.82) is 0 Å². The highest BCUT2D eigenvalue weighted by Gasteiger charge is 2.24. The zero-order valence-corrected chi connectivity index (χ0v) is 18.5. The lowest BCUT2D eigenvalue weighted by molar-refractivity contribution is 0.256. The molecule has 0 fully saturated rings. The first-order valence-corrected chi connectivity index (χ1v) is 11.7. The Morgan fingerprint density at radius 1 is 1.16 bits per heavy atom. The Bertz CT molecular complexity index is 1250. The van der Waals surface area contributed by atoms with Crippen LogP contribution < -0.4 is 10.0 Å². The zero-order valence-electron chi connectivity index (χ0n) is 17.7. The second-order valence-corrected chi connectivity index (χ2v) is 9.58. The van der Waals surface area contributed by atoms with Gasteiger partial charge >= 0.3 is 6.03 Å². The number of carbonyl (C=O) groups excluding carboxylic acids is 1. The quantitative estimate of drug-likeness (QED) is 0.628. The lowest BCUT2D eigenvalue weighted by Crippen LogP contribution is -2.35. The van der Waals surface area contributed by atoms with Crippen LogP contribution in [0.1, 0.15) is 43.1 Å². The van der Waals surface area contributed by atoms with Crippen molar-refractivity contribution in [2.75, 3.05) is 5.32 Å². The predicted octanol–water partition coefficient (Wildman–Crippen LogP) is 3.83. The van der Waals surface area contributed by atoms with Crippen LogP contribution in [0.3, 0.4) is 0 Å². The molecule has 2 N–H and O–H groups in total. The summed E-state index contributed by atoms with van der Waals surface area (Å²) >= 11 is 0. The topological polar surface area (TPSA) is 106 Å². The van der Waals surface area contributed by atoms with Crippen LogP contribution in [-0.4, -0.2) is 29.2 Å². The van der Waals surface area contributed by atoms with Crippen molar-refractivity contribution in [3.05, 3.63) is 59.5 Å². The Morgan fingerprint density at radius 2 is 1.97 bits per heavy atom. The second kappa shape index (κ2) is 8.14. The maximum Gasteiger partial charge on any atom is 0.333 e. The van der Waals surface area contributed by atoms with Gasteiger partial charge < -0.3 is 5.32 Å². The number of anilines is 1. The van der Waals surface area contributed by atoms with Gasteiger partial charge in [-0.3, -0.25) is 9.67 Å². The molecule has 0 saturated heterocycles. The van der Waals surface area contributed by atoms with Crippen molar-refractivity contribution < 1.29 is 13.2 Å². The highest BCUT2D eigenvalue weighted by atomic mass is 32.2. The first kappa shape index (κ1) is 21.0. The number of aryl methyl sites for hydroxylation is 2. The number of rotatable bonds is 5. The Balaban J connectivity index is 1.64. The van der Waals surface area contributed by atoms with Crippen LogP contribution in [0.5, 0.6) is 0 Å². The number of hydrogen-bond acceptors (Lipinski definition) is 5. The number of hydrogen-bond donors (Lipinski definition) is 2. The number of nitrogens with one attached hydrogen (secondary N) is 2. The molecule has 9 heteroatoms. The molecule has 162 valence electrons. The average molecular weight is 440 g/mol. The van der Waals surface area contributed by atoms with E-state index in [2.05, 4.69) is 26.2 Å². The monoisotopic (exact) mass is 439 g/mol. The molecule has 0 bridgehead atoms. The number of sulfonamides is 1. The average Bonchev–Trinajstić information content (AvgIpc) is 3.38. The maximum absolute atomic E-state index is 12.7. The highest BCUT2D eigenvalue weighted by molar-refractivity contribution is 7.90. The lowest BCUT2D eigenvalue weighted by atomic mass is 9.97. The van der Waals surface area contributed by atoms with E-state index in [-0.39, 0.29) is 11.1 Å². The van der Waals surface area contributed by atoms with Crippen LogP contribution >= 0.6 is 0 Å². The molecule has 1 aliphatic rings. The molecule has 0 unspecified atom stereocenters. The van der Waals surface area contributed by atoms with Crippen molar-refractivity contribution in [3.8, 4) is 11.1 Å². The van der Waals surface area contributed by atoms with E-state index in [9.17, 15) is 13.2 Å². The molecule has 0 aliphatic heterocycles. The van der Waals surface area contributed by atoms with Crippen molar-refractivity contribution in [2.24, 2.45) is 0 Å². The van der Waals surface area contributed by atoms with Crippen LogP contribution in [0.15, 0.2) is 47.8 Å². The maximum atomic E-state index is 12.7. The van der Waals surface area contributed by atoms with Crippen LogP contribution in [0, 0.1) is 6.92 Å². The molecule has 0 atom stereocenters. The molecule has 1 aliphatic carbocycles. The van der Waals surface area contributed by atoms with E-state index in [4.69, 9.17) is 0 Å². The van der Waals surface area contributed by atoms with Crippen molar-refractivity contribution in [1.82, 2.24) is 19.5 Å². The number of carbonyl (C=O) groups is 1. The molecule has 0 radical (unpaired) electrons. The van der Waals surface area contributed by atoms with Gasteiger partial charge in [0, 0.05) is 29.7 Å². The highest BCUT2D eigenvalue weighted by Crippen LogP contribution is 2.37. The molecule has 4 rings (SSSR count). The number of aromatic nitrogens is 3. The summed E-state index contributed by atoms with van der Waals surface area (Å²) in [5.41, 5.74) is 5.46. The fourth-order valence-corrected chi connectivity index (χ4v) is 4.67. The van der Waals surface area contributed by atoms with E-state index < -0.39 is 16.1 Å². The second-order valence-electron chi connectivity index (χ2n) is 7.95. The Labute approximate surface area is 181 Å². The molecule has 2 amide bonds. The summed E-state index contributed by atoms with van der Waals surface area (Å²) in [7, 11) is -4.09. The molecule has 2 heterocycles. The summed E-state index contributed by atoms with van der Waals surface area (Å²) in [6.07, 6.45) is 6.05. The molecule has 31 heavy (non-hydrogen) atoms. The molecule has 2 aromatic heterocycles. The number of nitrogens with zero attached hydrogens (tertiary/aromatic N) is 3. The number of urea groups is 1. The number of benzene rings is 1. The summed E-state index contributed by atoms with van der Waals surface area (Å²) in [4.78, 5) is 17.0. The van der Waals surface area contributed by atoms with Crippen LogP contribution in [0.2, 0.25) is 0 Å². The zero-order chi connectivity index (χ0) is 22.2. The molecule has 1 aromatic carbocycles. The van der Waals surface area contributed by atoms with Crippen LogP contribution in [0.25, 0.3) is 11.1 Å². The molecular weight excluding hydrogens is 414 g/mol. The van der Waals surface area contributed by atoms with E-state index in [1.807, 2.05) is 39.0 Å². The minimum atomic E-state index is -4.09. The SMILES string of the molecule is Cc1cc(-c2ccc3c(c2NC(=O)NS(=O)(=O)c2ccn(C(C)C)n2)CCC3)ccn1. The minimum absolute atomic E-state index is 0.0102. The minimum Gasteiger partial charge on any atom is -0.306 e. The van der Waals surface area contributed by atoms with Gasteiger partial charge in [0.05, 0.1) is 5.69 Å². The smallest absolute Gasteiger partial charge is 0.306 e. The summed E-state index contributed by atoms with van der Waals surface area (Å²) in [6.45, 7) is 5.68. The molecule has 3 aromatic rings. The summed E-state index contributed by atoms with van der Waals surface area (Å²) < 4.78 is 28.9. The number of pyridine rings is 1. The largest absolute Gasteiger partial charge is 0.333 e. The van der Waals surface area contributed by atoms with Gasteiger partial charge in [0.2, 0.25) is 0 Å². The Kier molecular flexibility index (Phi) is 5.53. The van der Waals surface area contributed by atoms with Crippen molar-refractivity contribution in [2.45, 2.75) is 51.1 Å². The lowest BCUT2D eigenvalue weighted by Gasteiger charge is -2.17. The van der Waals surface area contributed by atoms with Gasteiger partial charge in [0.25, 0.3) is 10.0 Å². The van der Waals surface area contributed by atoms with Gasteiger partial charge in [-0.2, -0.15) is 13.5 Å². The van der Waals surface area contributed by atoms with Crippen LogP contribution in [-0.2, 0) is 22.9 Å². The Hall–Kier alpha value is -3.20. The van der Waals surface area contributed by atoms with Crippen LogP contribution in [0.4, 0.5) is 10.5 Å². The fraction of sp³-hybridized carbons (Fsp3) is 0.318. The third-order valence-electron chi connectivity index (χ3n) is 5.34. The number of amides is 2. The predicted molar refractivity (Wildman–Crippen MR) is 118 cm³/mol.